The van der Waals surface area contributed by atoms with Gasteiger partial charge in [0.1, 0.15) is 0 Å². The van der Waals surface area contributed by atoms with E-state index in [0.29, 0.717) is 24.3 Å². The number of nitrogens with two attached hydrogens (primary N) is 2. The van der Waals surface area contributed by atoms with Gasteiger partial charge in [-0.05, 0) is 31.4 Å². The van der Waals surface area contributed by atoms with Crippen LogP contribution in [0.2, 0.25) is 0 Å². The second-order valence-corrected chi connectivity index (χ2v) is 6.43. The molecule has 1 saturated heterocycles. The summed E-state index contributed by atoms with van der Waals surface area (Å²) >= 11 is 3.64. The van der Waals surface area contributed by atoms with E-state index in [2.05, 4.69) is 20.8 Å². The van der Waals surface area contributed by atoms with Gasteiger partial charge in [-0.1, -0.05) is 15.9 Å². The van der Waals surface area contributed by atoms with Gasteiger partial charge in [-0.15, -0.1) is 0 Å². The van der Waals surface area contributed by atoms with Crippen molar-refractivity contribution in [3.63, 3.8) is 0 Å². The highest BCUT2D eigenvalue weighted by Crippen LogP contribution is 2.29. The monoisotopic (exact) mass is 343 g/mol. The van der Waals surface area contributed by atoms with E-state index in [1.807, 2.05) is 6.08 Å². The summed E-state index contributed by atoms with van der Waals surface area (Å²) in [7, 11) is 0. The third-order valence-electron chi connectivity index (χ3n) is 3.71. The van der Waals surface area contributed by atoms with Crippen molar-refractivity contribution in [1.29, 1.82) is 0 Å². The molecule has 4 N–H and O–H groups in total. The standard InChI is InChI=1S/C14H22BrN3O2/c1-2-20-14(19)11-6-12(15)9(5-13(11)17)7-18-4-3-10(16)8-18/h5,10,12H,2-4,6-8,16-17H2,1H3/t10-,12?/m1/s1. The minimum atomic E-state index is -0.312. The molecule has 2 atom stereocenters. The van der Waals surface area contributed by atoms with E-state index < -0.39 is 0 Å². The number of halogens is 1. The fourth-order valence-corrected chi connectivity index (χ4v) is 3.23. The van der Waals surface area contributed by atoms with Crippen molar-refractivity contribution in [2.45, 2.75) is 30.6 Å². The smallest absolute Gasteiger partial charge is 0.336 e. The van der Waals surface area contributed by atoms with Crippen LogP contribution in [0.1, 0.15) is 19.8 Å². The number of alkyl halides is 1. The predicted octanol–water partition coefficient (Wildman–Crippen LogP) is 0.889. The molecule has 0 bridgehead atoms. The summed E-state index contributed by atoms with van der Waals surface area (Å²) in [6.07, 6.45) is 3.52. The Bertz CT molecular complexity index is 448. The zero-order chi connectivity index (χ0) is 14.7. The molecule has 0 aromatic rings. The summed E-state index contributed by atoms with van der Waals surface area (Å²) in [6, 6.07) is 0.274. The quantitative estimate of drug-likeness (QED) is 0.585. The fraction of sp³-hybridized carbons (Fsp3) is 0.643. The van der Waals surface area contributed by atoms with Crippen molar-refractivity contribution in [1.82, 2.24) is 4.90 Å². The van der Waals surface area contributed by atoms with Crippen molar-refractivity contribution in [2.75, 3.05) is 26.2 Å². The molecule has 0 radical (unpaired) electrons. The minimum absolute atomic E-state index is 0.131. The van der Waals surface area contributed by atoms with Crippen LogP contribution in [0.3, 0.4) is 0 Å². The topological polar surface area (TPSA) is 81.6 Å². The Balaban J connectivity index is 2.07. The number of allylic oxidation sites excluding steroid dienone is 1. The highest BCUT2D eigenvalue weighted by atomic mass is 79.9. The van der Waals surface area contributed by atoms with Gasteiger partial charge in [0.2, 0.25) is 0 Å². The molecule has 2 rings (SSSR count). The van der Waals surface area contributed by atoms with Gasteiger partial charge in [0.25, 0.3) is 0 Å². The summed E-state index contributed by atoms with van der Waals surface area (Å²) in [6.45, 7) is 4.95. The van der Waals surface area contributed by atoms with Gasteiger partial charge in [-0.3, -0.25) is 4.90 Å². The minimum Gasteiger partial charge on any atom is -0.463 e. The zero-order valence-corrected chi connectivity index (χ0v) is 13.4. The molecule has 1 unspecified atom stereocenters. The Kier molecular flexibility index (Phi) is 5.23. The van der Waals surface area contributed by atoms with Gasteiger partial charge in [0.05, 0.1) is 12.2 Å². The molecule has 20 heavy (non-hydrogen) atoms. The molecule has 2 aliphatic rings. The lowest BCUT2D eigenvalue weighted by atomic mass is 9.95. The first-order chi connectivity index (χ1) is 9.51. The number of esters is 1. The van der Waals surface area contributed by atoms with Gasteiger partial charge < -0.3 is 16.2 Å². The largest absolute Gasteiger partial charge is 0.463 e. The van der Waals surface area contributed by atoms with Crippen molar-refractivity contribution in [3.8, 4) is 0 Å². The van der Waals surface area contributed by atoms with Crippen molar-refractivity contribution in [2.24, 2.45) is 11.5 Å². The number of carbonyl (C=O) groups is 1. The number of rotatable bonds is 4. The van der Waals surface area contributed by atoms with Crippen molar-refractivity contribution < 1.29 is 9.53 Å². The Morgan fingerprint density at radius 2 is 2.35 bits per heavy atom. The molecular weight excluding hydrogens is 322 g/mol. The Hall–Kier alpha value is -0.850. The zero-order valence-electron chi connectivity index (χ0n) is 11.8. The average Bonchev–Trinajstić information content (AvgIpc) is 2.79. The number of carbonyl (C=O) groups excluding carboxylic acids is 1. The van der Waals surface area contributed by atoms with E-state index in [9.17, 15) is 4.79 Å². The highest BCUT2D eigenvalue weighted by Gasteiger charge is 2.28. The molecular formula is C14H22BrN3O2. The van der Waals surface area contributed by atoms with Crippen LogP contribution in [-0.4, -0.2) is 48.0 Å². The molecule has 1 fully saturated rings. The second kappa shape index (κ2) is 6.74. The van der Waals surface area contributed by atoms with Crippen LogP contribution in [0.5, 0.6) is 0 Å². The number of hydrogen-bond acceptors (Lipinski definition) is 5. The summed E-state index contributed by atoms with van der Waals surface area (Å²) in [4.78, 5) is 14.3. The molecule has 1 aliphatic carbocycles. The molecule has 1 heterocycles. The first kappa shape index (κ1) is 15.5. The van der Waals surface area contributed by atoms with E-state index >= 15 is 0 Å². The highest BCUT2D eigenvalue weighted by molar-refractivity contribution is 9.09. The normalized spacial score (nSPS) is 27.6. The second-order valence-electron chi connectivity index (χ2n) is 5.33. The average molecular weight is 344 g/mol. The Morgan fingerprint density at radius 1 is 1.60 bits per heavy atom. The summed E-state index contributed by atoms with van der Waals surface area (Å²) in [5.41, 5.74) is 14.2. The molecule has 1 aliphatic heterocycles. The molecule has 0 spiro atoms. The van der Waals surface area contributed by atoms with Gasteiger partial charge >= 0.3 is 5.97 Å². The van der Waals surface area contributed by atoms with E-state index in [-0.39, 0.29) is 16.8 Å². The summed E-state index contributed by atoms with van der Waals surface area (Å²) in [5.74, 6) is -0.312. The van der Waals surface area contributed by atoms with E-state index in [0.717, 1.165) is 26.1 Å². The third-order valence-corrected chi connectivity index (χ3v) is 4.62. The van der Waals surface area contributed by atoms with Crippen LogP contribution in [0.4, 0.5) is 0 Å². The Morgan fingerprint density at radius 3 is 2.95 bits per heavy atom. The first-order valence-corrected chi connectivity index (χ1v) is 7.91. The molecule has 0 amide bonds. The lowest BCUT2D eigenvalue weighted by molar-refractivity contribution is -0.138. The molecule has 5 nitrogen and oxygen atoms in total. The number of hydrogen-bond donors (Lipinski definition) is 2. The lowest BCUT2D eigenvalue weighted by Crippen LogP contribution is -2.31. The maximum absolute atomic E-state index is 11.8. The lowest BCUT2D eigenvalue weighted by Gasteiger charge is -2.25. The van der Waals surface area contributed by atoms with Crippen molar-refractivity contribution >= 4 is 21.9 Å². The van der Waals surface area contributed by atoms with Crippen LogP contribution in [0.15, 0.2) is 22.9 Å². The number of nitrogens with zero attached hydrogens (tertiary/aromatic N) is 1. The van der Waals surface area contributed by atoms with E-state index in [1.165, 1.54) is 5.57 Å². The van der Waals surface area contributed by atoms with Gasteiger partial charge in [0.15, 0.2) is 0 Å². The van der Waals surface area contributed by atoms with Gasteiger partial charge in [-0.2, -0.15) is 0 Å². The number of likely N-dealkylation sites (tertiary alicyclic amines) is 1. The first-order valence-electron chi connectivity index (χ1n) is 6.99. The van der Waals surface area contributed by atoms with Crippen molar-refractivity contribution in [3.05, 3.63) is 22.9 Å². The third kappa shape index (κ3) is 3.62. The fourth-order valence-electron chi connectivity index (χ4n) is 2.63. The summed E-state index contributed by atoms with van der Waals surface area (Å²) in [5, 5.41) is 0. The molecule has 0 aromatic carbocycles. The maximum Gasteiger partial charge on any atom is 0.336 e. The number of ether oxygens (including phenoxy) is 1. The maximum atomic E-state index is 11.8. The van der Waals surface area contributed by atoms with Gasteiger partial charge in [-0.25, -0.2) is 4.79 Å². The SMILES string of the molecule is CCOC(=O)C1=C(N)C=C(CN2CC[C@@H](N)C2)C(Br)C1. The summed E-state index contributed by atoms with van der Waals surface area (Å²) < 4.78 is 5.03. The molecule has 0 saturated carbocycles. The predicted molar refractivity (Wildman–Crippen MR) is 82.3 cm³/mol. The van der Waals surface area contributed by atoms with Crippen LogP contribution >= 0.6 is 15.9 Å². The van der Waals surface area contributed by atoms with Gasteiger partial charge in [0, 0.05) is 36.2 Å². The van der Waals surface area contributed by atoms with Crippen LogP contribution in [0, 0.1) is 0 Å². The molecule has 0 aromatic heterocycles. The van der Waals surface area contributed by atoms with E-state index in [1.54, 1.807) is 6.92 Å². The molecule has 6 heteroatoms. The van der Waals surface area contributed by atoms with Crippen LogP contribution < -0.4 is 11.5 Å². The van der Waals surface area contributed by atoms with Crippen LogP contribution in [-0.2, 0) is 9.53 Å². The van der Waals surface area contributed by atoms with E-state index in [4.69, 9.17) is 16.2 Å². The Labute approximate surface area is 128 Å². The molecule has 112 valence electrons. The van der Waals surface area contributed by atoms with Crippen LogP contribution in [0.25, 0.3) is 0 Å².